The Morgan fingerprint density at radius 2 is 2.06 bits per heavy atom. The highest BCUT2D eigenvalue weighted by atomic mass is 35.5. The quantitative estimate of drug-likeness (QED) is 0.827. The number of benzene rings is 1. The van der Waals surface area contributed by atoms with Gasteiger partial charge in [-0.15, -0.1) is 0 Å². The van der Waals surface area contributed by atoms with Crippen molar-refractivity contribution in [3.05, 3.63) is 39.9 Å². The summed E-state index contributed by atoms with van der Waals surface area (Å²) in [5.41, 5.74) is 0.588. The lowest BCUT2D eigenvalue weighted by Crippen LogP contribution is -2.27. The molecule has 1 aromatic rings. The fourth-order valence-corrected chi connectivity index (χ4v) is 1.39. The van der Waals surface area contributed by atoms with Gasteiger partial charge in [-0.1, -0.05) is 23.2 Å². The van der Waals surface area contributed by atoms with Gasteiger partial charge in [-0.2, -0.15) is 0 Å². The molecule has 0 radical (unpaired) electrons. The average molecular weight is 274 g/mol. The van der Waals surface area contributed by atoms with Crippen molar-refractivity contribution in [2.24, 2.45) is 0 Å². The van der Waals surface area contributed by atoms with Crippen molar-refractivity contribution in [3.8, 4) is 0 Å². The molecule has 4 nitrogen and oxygen atoms in total. The van der Waals surface area contributed by atoms with Crippen molar-refractivity contribution in [2.75, 3.05) is 6.54 Å². The van der Waals surface area contributed by atoms with E-state index in [2.05, 4.69) is 5.32 Å². The Kier molecular flexibility index (Phi) is 5.00. The Morgan fingerprint density at radius 3 is 2.71 bits per heavy atom. The van der Waals surface area contributed by atoms with Gasteiger partial charge in [-0.25, -0.2) is 0 Å². The SMILES string of the molecule is O=C(O)CNC(=O)/C=C/c1cc(Cl)ccc1Cl. The van der Waals surface area contributed by atoms with E-state index in [1.807, 2.05) is 0 Å². The fourth-order valence-electron chi connectivity index (χ4n) is 1.03. The van der Waals surface area contributed by atoms with Crippen LogP contribution in [0.25, 0.3) is 6.08 Å². The Balaban J connectivity index is 2.67. The lowest BCUT2D eigenvalue weighted by atomic mass is 10.2. The smallest absolute Gasteiger partial charge is 0.322 e. The zero-order valence-electron chi connectivity index (χ0n) is 8.61. The molecule has 0 saturated carbocycles. The van der Waals surface area contributed by atoms with E-state index < -0.39 is 18.4 Å². The van der Waals surface area contributed by atoms with Crippen molar-refractivity contribution >= 4 is 41.2 Å². The summed E-state index contributed by atoms with van der Waals surface area (Å²) in [5, 5.41) is 11.5. The minimum absolute atomic E-state index is 0.424. The molecule has 6 heteroatoms. The van der Waals surface area contributed by atoms with Crippen LogP contribution in [0.1, 0.15) is 5.56 Å². The van der Waals surface area contributed by atoms with Crippen molar-refractivity contribution in [2.45, 2.75) is 0 Å². The van der Waals surface area contributed by atoms with Crippen molar-refractivity contribution in [1.82, 2.24) is 5.32 Å². The van der Waals surface area contributed by atoms with E-state index in [-0.39, 0.29) is 0 Å². The lowest BCUT2D eigenvalue weighted by molar-refractivity contribution is -0.137. The van der Waals surface area contributed by atoms with E-state index in [0.29, 0.717) is 15.6 Å². The molecule has 0 heterocycles. The van der Waals surface area contributed by atoms with E-state index in [1.165, 1.54) is 12.2 Å². The summed E-state index contributed by atoms with van der Waals surface area (Å²) in [6.45, 7) is -0.424. The van der Waals surface area contributed by atoms with Crippen LogP contribution >= 0.6 is 23.2 Å². The molecule has 0 unspecified atom stereocenters. The largest absolute Gasteiger partial charge is 0.480 e. The molecule has 2 N–H and O–H groups in total. The van der Waals surface area contributed by atoms with Crippen LogP contribution in [0.15, 0.2) is 24.3 Å². The number of aliphatic carboxylic acids is 1. The number of carbonyl (C=O) groups is 2. The van der Waals surface area contributed by atoms with Gasteiger partial charge in [0.2, 0.25) is 5.91 Å². The molecule has 90 valence electrons. The van der Waals surface area contributed by atoms with Gasteiger partial charge in [0.15, 0.2) is 0 Å². The third kappa shape index (κ3) is 4.89. The standard InChI is InChI=1S/C11H9Cl2NO3/c12-8-2-3-9(13)7(5-8)1-4-10(15)14-6-11(16)17/h1-5H,6H2,(H,14,15)(H,16,17)/b4-1+. The second-order valence-electron chi connectivity index (χ2n) is 3.11. The third-order valence-corrected chi connectivity index (χ3v) is 2.37. The number of halogens is 2. The molecule has 0 saturated heterocycles. The monoisotopic (exact) mass is 273 g/mol. The summed E-state index contributed by atoms with van der Waals surface area (Å²) in [5.74, 6) is -1.61. The molecule has 0 aliphatic rings. The van der Waals surface area contributed by atoms with Gasteiger partial charge >= 0.3 is 5.97 Å². The van der Waals surface area contributed by atoms with Crippen LogP contribution in [-0.4, -0.2) is 23.5 Å². The Labute approximate surface area is 108 Å². The average Bonchev–Trinajstić information content (AvgIpc) is 2.27. The van der Waals surface area contributed by atoms with Crippen LogP contribution in [-0.2, 0) is 9.59 Å². The maximum Gasteiger partial charge on any atom is 0.322 e. The Bertz CT molecular complexity index is 472. The topological polar surface area (TPSA) is 66.4 Å². The van der Waals surface area contributed by atoms with E-state index >= 15 is 0 Å². The number of carboxylic acids is 1. The molecule has 0 fully saturated rings. The van der Waals surface area contributed by atoms with E-state index in [4.69, 9.17) is 28.3 Å². The van der Waals surface area contributed by atoms with E-state index in [9.17, 15) is 9.59 Å². The van der Waals surface area contributed by atoms with Crippen molar-refractivity contribution < 1.29 is 14.7 Å². The maximum atomic E-state index is 11.2. The number of amides is 1. The number of carboxylic acid groups (broad SMARTS) is 1. The molecule has 0 atom stereocenters. The number of hydrogen-bond acceptors (Lipinski definition) is 2. The molecule has 1 aromatic carbocycles. The summed E-state index contributed by atoms with van der Waals surface area (Å²) >= 11 is 11.6. The molecule has 0 aromatic heterocycles. The molecule has 1 rings (SSSR count). The van der Waals surface area contributed by atoms with Crippen molar-refractivity contribution in [3.63, 3.8) is 0 Å². The Hall–Kier alpha value is -1.52. The van der Waals surface area contributed by atoms with Crippen LogP contribution < -0.4 is 5.32 Å². The fraction of sp³-hybridized carbons (Fsp3) is 0.0909. The zero-order valence-corrected chi connectivity index (χ0v) is 10.1. The first kappa shape index (κ1) is 13.5. The second kappa shape index (κ2) is 6.27. The number of carbonyl (C=O) groups excluding carboxylic acids is 1. The molecule has 0 aliphatic carbocycles. The normalized spacial score (nSPS) is 10.5. The van der Waals surface area contributed by atoms with Gasteiger partial charge in [-0.05, 0) is 29.8 Å². The summed E-state index contributed by atoms with van der Waals surface area (Å²) in [7, 11) is 0. The van der Waals surface area contributed by atoms with Gasteiger partial charge in [-0.3, -0.25) is 9.59 Å². The molecule has 1 amide bonds. The first-order valence-corrected chi connectivity index (χ1v) is 5.37. The first-order valence-electron chi connectivity index (χ1n) is 4.62. The third-order valence-electron chi connectivity index (χ3n) is 1.79. The lowest BCUT2D eigenvalue weighted by Gasteiger charge is -1.99. The first-order chi connectivity index (χ1) is 7.99. The highest BCUT2D eigenvalue weighted by molar-refractivity contribution is 6.34. The summed E-state index contributed by atoms with van der Waals surface area (Å²) in [6, 6.07) is 4.84. The van der Waals surface area contributed by atoms with Gasteiger partial charge in [0.05, 0.1) is 0 Å². The summed E-state index contributed by atoms with van der Waals surface area (Å²) < 4.78 is 0. The van der Waals surface area contributed by atoms with Crippen molar-refractivity contribution in [1.29, 1.82) is 0 Å². The Morgan fingerprint density at radius 1 is 1.35 bits per heavy atom. The van der Waals surface area contributed by atoms with Crippen LogP contribution in [0.4, 0.5) is 0 Å². The zero-order chi connectivity index (χ0) is 12.8. The van der Waals surface area contributed by atoms with Gasteiger partial charge in [0.1, 0.15) is 6.54 Å². The highest BCUT2D eigenvalue weighted by Gasteiger charge is 2.01. The van der Waals surface area contributed by atoms with Crippen LogP contribution in [0, 0.1) is 0 Å². The predicted molar refractivity (Wildman–Crippen MR) is 66.1 cm³/mol. The molecule has 0 bridgehead atoms. The van der Waals surface area contributed by atoms with Gasteiger partial charge in [0, 0.05) is 16.1 Å². The summed E-state index contributed by atoms with van der Waals surface area (Å²) in [4.78, 5) is 21.4. The molecule has 0 spiro atoms. The molecular formula is C11H9Cl2NO3. The number of hydrogen-bond donors (Lipinski definition) is 2. The van der Waals surface area contributed by atoms with Crippen LogP contribution in [0.5, 0.6) is 0 Å². The number of rotatable bonds is 4. The van der Waals surface area contributed by atoms with Crippen LogP contribution in [0.3, 0.4) is 0 Å². The second-order valence-corrected chi connectivity index (χ2v) is 3.95. The highest BCUT2D eigenvalue weighted by Crippen LogP contribution is 2.21. The van der Waals surface area contributed by atoms with Gasteiger partial charge < -0.3 is 10.4 Å². The van der Waals surface area contributed by atoms with Gasteiger partial charge in [0.25, 0.3) is 0 Å². The minimum Gasteiger partial charge on any atom is -0.480 e. The minimum atomic E-state index is -1.10. The predicted octanol–water partition coefficient (Wildman–Crippen LogP) is 2.21. The summed E-state index contributed by atoms with van der Waals surface area (Å²) in [6.07, 6.45) is 2.66. The molecular weight excluding hydrogens is 265 g/mol. The van der Waals surface area contributed by atoms with E-state index in [1.54, 1.807) is 18.2 Å². The number of nitrogens with one attached hydrogen (secondary N) is 1. The maximum absolute atomic E-state index is 11.2. The van der Waals surface area contributed by atoms with E-state index in [0.717, 1.165) is 0 Å². The molecule has 17 heavy (non-hydrogen) atoms. The van der Waals surface area contributed by atoms with Crippen LogP contribution in [0.2, 0.25) is 10.0 Å². The molecule has 0 aliphatic heterocycles.